The van der Waals surface area contributed by atoms with Crippen LogP contribution in [0.5, 0.6) is 0 Å². The first kappa shape index (κ1) is 16.3. The van der Waals surface area contributed by atoms with Crippen LogP contribution in [0.4, 0.5) is 4.79 Å². The molecule has 0 aromatic rings. The zero-order valence-electron chi connectivity index (χ0n) is 12.9. The van der Waals surface area contributed by atoms with Crippen molar-refractivity contribution in [2.75, 3.05) is 13.6 Å². The molecule has 4 nitrogen and oxygen atoms in total. The van der Waals surface area contributed by atoms with E-state index in [-0.39, 0.29) is 6.09 Å². The zero-order valence-corrected chi connectivity index (χ0v) is 12.9. The summed E-state index contributed by atoms with van der Waals surface area (Å²) in [4.78, 5) is 13.9. The number of carbonyl (C=O) groups is 1. The summed E-state index contributed by atoms with van der Waals surface area (Å²) in [6, 6.07) is 0.325. The third-order valence-electron chi connectivity index (χ3n) is 3.80. The van der Waals surface area contributed by atoms with Crippen LogP contribution in [0.3, 0.4) is 0 Å². The lowest BCUT2D eigenvalue weighted by atomic mass is 9.82. The van der Waals surface area contributed by atoms with Crippen LogP contribution in [-0.4, -0.2) is 36.2 Å². The van der Waals surface area contributed by atoms with Crippen LogP contribution in [0.25, 0.3) is 0 Å². The summed E-state index contributed by atoms with van der Waals surface area (Å²) in [5, 5.41) is 0. The van der Waals surface area contributed by atoms with Gasteiger partial charge in [0.25, 0.3) is 0 Å². The molecule has 4 heteroatoms. The maximum Gasteiger partial charge on any atom is 0.410 e. The number of nitrogens with two attached hydrogens (primary N) is 1. The molecule has 1 rings (SSSR count). The molecule has 0 heterocycles. The molecule has 1 amide bonds. The first-order valence-electron chi connectivity index (χ1n) is 7.49. The first-order chi connectivity index (χ1) is 8.83. The van der Waals surface area contributed by atoms with Gasteiger partial charge in [0.1, 0.15) is 5.60 Å². The van der Waals surface area contributed by atoms with Gasteiger partial charge in [-0.25, -0.2) is 4.79 Å². The highest BCUT2D eigenvalue weighted by molar-refractivity contribution is 5.68. The van der Waals surface area contributed by atoms with E-state index in [4.69, 9.17) is 10.5 Å². The molecular formula is C15H30N2O2. The van der Waals surface area contributed by atoms with E-state index < -0.39 is 5.60 Å². The van der Waals surface area contributed by atoms with Crippen molar-refractivity contribution in [2.24, 2.45) is 11.7 Å². The zero-order chi connectivity index (χ0) is 14.5. The van der Waals surface area contributed by atoms with Crippen LogP contribution >= 0.6 is 0 Å². The molecule has 19 heavy (non-hydrogen) atoms. The Kier molecular flexibility index (Phi) is 6.11. The molecule has 2 unspecified atom stereocenters. The molecular weight excluding hydrogens is 240 g/mol. The van der Waals surface area contributed by atoms with E-state index in [0.29, 0.717) is 12.0 Å². The average Bonchev–Trinajstić information content (AvgIpc) is 2.33. The molecule has 1 saturated carbocycles. The third-order valence-corrected chi connectivity index (χ3v) is 3.80. The highest BCUT2D eigenvalue weighted by Gasteiger charge is 2.29. The maximum atomic E-state index is 12.1. The van der Waals surface area contributed by atoms with Crippen LogP contribution in [-0.2, 0) is 4.74 Å². The van der Waals surface area contributed by atoms with E-state index in [0.717, 1.165) is 25.8 Å². The van der Waals surface area contributed by atoms with Gasteiger partial charge in [-0.05, 0) is 58.9 Å². The monoisotopic (exact) mass is 270 g/mol. The van der Waals surface area contributed by atoms with E-state index in [1.165, 1.54) is 19.3 Å². The molecule has 0 radical (unpaired) electrons. The van der Waals surface area contributed by atoms with Crippen LogP contribution < -0.4 is 5.73 Å². The lowest BCUT2D eigenvalue weighted by Gasteiger charge is -2.36. The van der Waals surface area contributed by atoms with E-state index in [1.807, 2.05) is 27.8 Å². The molecule has 2 atom stereocenters. The van der Waals surface area contributed by atoms with Crippen molar-refractivity contribution >= 4 is 6.09 Å². The quantitative estimate of drug-likeness (QED) is 0.853. The summed E-state index contributed by atoms with van der Waals surface area (Å²) in [6.45, 7) is 6.49. The highest BCUT2D eigenvalue weighted by atomic mass is 16.6. The molecule has 112 valence electrons. The van der Waals surface area contributed by atoms with E-state index in [1.54, 1.807) is 4.90 Å². The predicted molar refractivity (Wildman–Crippen MR) is 78.0 cm³/mol. The Balaban J connectivity index is 2.47. The topological polar surface area (TPSA) is 55.6 Å². The Morgan fingerprint density at radius 2 is 2.05 bits per heavy atom. The normalized spacial score (nSPS) is 24.1. The van der Waals surface area contributed by atoms with Crippen molar-refractivity contribution in [1.29, 1.82) is 0 Å². The second kappa shape index (κ2) is 7.13. The first-order valence-corrected chi connectivity index (χ1v) is 7.49. The maximum absolute atomic E-state index is 12.1. The van der Waals surface area contributed by atoms with Crippen molar-refractivity contribution in [3.63, 3.8) is 0 Å². The van der Waals surface area contributed by atoms with E-state index in [2.05, 4.69) is 0 Å². The van der Waals surface area contributed by atoms with Crippen LogP contribution in [0.15, 0.2) is 0 Å². The molecule has 1 fully saturated rings. The average molecular weight is 270 g/mol. The second-order valence-corrected chi connectivity index (χ2v) is 6.71. The molecule has 2 N–H and O–H groups in total. The fourth-order valence-corrected chi connectivity index (χ4v) is 2.77. The predicted octanol–water partition coefficient (Wildman–Crippen LogP) is 3.15. The third kappa shape index (κ3) is 5.81. The number of amides is 1. The van der Waals surface area contributed by atoms with Gasteiger partial charge in [0.2, 0.25) is 0 Å². The SMILES string of the molecule is CN(C(=O)OC(C)(C)C)C1CCCC(CCCN)C1. The Bertz CT molecular complexity index is 286. The number of ether oxygens (including phenoxy) is 1. The smallest absolute Gasteiger partial charge is 0.410 e. The Morgan fingerprint density at radius 1 is 1.37 bits per heavy atom. The summed E-state index contributed by atoms with van der Waals surface area (Å²) < 4.78 is 5.44. The van der Waals surface area contributed by atoms with Crippen LogP contribution in [0, 0.1) is 5.92 Å². The number of rotatable bonds is 4. The molecule has 0 aliphatic heterocycles. The van der Waals surface area contributed by atoms with E-state index in [9.17, 15) is 4.79 Å². The highest BCUT2D eigenvalue weighted by Crippen LogP contribution is 2.30. The summed E-state index contributed by atoms with van der Waals surface area (Å²) >= 11 is 0. The number of nitrogens with zero attached hydrogens (tertiary/aromatic N) is 1. The van der Waals surface area contributed by atoms with Gasteiger partial charge in [-0.15, -0.1) is 0 Å². The molecule has 0 saturated heterocycles. The van der Waals surface area contributed by atoms with Crippen LogP contribution in [0.1, 0.15) is 59.3 Å². The molecule has 0 aromatic heterocycles. The summed E-state index contributed by atoms with van der Waals surface area (Å²) in [5.74, 6) is 0.715. The van der Waals surface area contributed by atoms with Gasteiger partial charge in [0, 0.05) is 13.1 Å². The van der Waals surface area contributed by atoms with Crippen molar-refractivity contribution in [3.8, 4) is 0 Å². The Hall–Kier alpha value is -0.770. The second-order valence-electron chi connectivity index (χ2n) is 6.71. The lowest BCUT2D eigenvalue weighted by Crippen LogP contribution is -2.43. The number of carbonyl (C=O) groups excluding carboxylic acids is 1. The molecule has 1 aliphatic rings. The van der Waals surface area contributed by atoms with Gasteiger partial charge in [-0.3, -0.25) is 0 Å². The summed E-state index contributed by atoms with van der Waals surface area (Å²) in [6.07, 6.45) is 6.75. The summed E-state index contributed by atoms with van der Waals surface area (Å²) in [5.41, 5.74) is 5.16. The van der Waals surface area contributed by atoms with Gasteiger partial charge in [0.15, 0.2) is 0 Å². The molecule has 0 aromatic carbocycles. The minimum Gasteiger partial charge on any atom is -0.444 e. The Morgan fingerprint density at radius 3 is 2.63 bits per heavy atom. The van der Waals surface area contributed by atoms with Gasteiger partial charge in [-0.1, -0.05) is 12.8 Å². The minimum absolute atomic E-state index is 0.197. The van der Waals surface area contributed by atoms with Crippen molar-refractivity contribution in [2.45, 2.75) is 70.9 Å². The van der Waals surface area contributed by atoms with E-state index >= 15 is 0 Å². The number of hydrogen-bond acceptors (Lipinski definition) is 3. The standard InChI is InChI=1S/C15H30N2O2/c1-15(2,3)19-14(18)17(4)13-9-5-7-12(11-13)8-6-10-16/h12-13H,5-11,16H2,1-4H3. The minimum atomic E-state index is -0.418. The van der Waals surface area contributed by atoms with Gasteiger partial charge in [0.05, 0.1) is 0 Å². The van der Waals surface area contributed by atoms with Gasteiger partial charge < -0.3 is 15.4 Å². The van der Waals surface area contributed by atoms with Crippen molar-refractivity contribution in [3.05, 3.63) is 0 Å². The Labute approximate surface area is 117 Å². The van der Waals surface area contributed by atoms with Gasteiger partial charge >= 0.3 is 6.09 Å². The molecule has 0 spiro atoms. The summed E-state index contributed by atoms with van der Waals surface area (Å²) in [7, 11) is 1.87. The van der Waals surface area contributed by atoms with Crippen molar-refractivity contribution in [1.82, 2.24) is 4.90 Å². The van der Waals surface area contributed by atoms with Crippen molar-refractivity contribution < 1.29 is 9.53 Å². The number of hydrogen-bond donors (Lipinski definition) is 1. The fourth-order valence-electron chi connectivity index (χ4n) is 2.77. The molecule has 0 bridgehead atoms. The van der Waals surface area contributed by atoms with Gasteiger partial charge in [-0.2, -0.15) is 0 Å². The molecule has 1 aliphatic carbocycles. The fraction of sp³-hybridized carbons (Fsp3) is 0.933. The van der Waals surface area contributed by atoms with Crippen LogP contribution in [0.2, 0.25) is 0 Å². The lowest BCUT2D eigenvalue weighted by molar-refractivity contribution is 0.0161. The largest absolute Gasteiger partial charge is 0.444 e.